The van der Waals surface area contributed by atoms with Crippen LogP contribution in [0, 0.1) is 0 Å². The molecule has 0 atom stereocenters. The smallest absolute Gasteiger partial charge is 0.236 e. The van der Waals surface area contributed by atoms with Gasteiger partial charge in [0.15, 0.2) is 0 Å². The number of hydrogen-bond donors (Lipinski definition) is 1. The molecular weight excluding hydrogens is 240 g/mol. The first-order valence-corrected chi connectivity index (χ1v) is 5.29. The SMILES string of the molecule is CN(CCOCc1ccccc1)C(=O)CN.Cl. The van der Waals surface area contributed by atoms with E-state index in [-0.39, 0.29) is 24.9 Å². The van der Waals surface area contributed by atoms with Gasteiger partial charge in [-0.05, 0) is 5.56 Å². The van der Waals surface area contributed by atoms with Crippen molar-refractivity contribution in [3.63, 3.8) is 0 Å². The number of nitrogens with two attached hydrogens (primary N) is 1. The van der Waals surface area contributed by atoms with E-state index in [1.54, 1.807) is 11.9 Å². The molecule has 4 nitrogen and oxygen atoms in total. The molecule has 0 aliphatic rings. The summed E-state index contributed by atoms with van der Waals surface area (Å²) in [6, 6.07) is 9.94. The molecule has 5 heteroatoms. The quantitative estimate of drug-likeness (QED) is 0.776. The molecule has 1 rings (SSSR count). The summed E-state index contributed by atoms with van der Waals surface area (Å²) in [7, 11) is 1.72. The number of carbonyl (C=O) groups is 1. The highest BCUT2D eigenvalue weighted by atomic mass is 35.5. The normalized spacial score (nSPS) is 9.53. The zero-order valence-corrected chi connectivity index (χ0v) is 10.8. The lowest BCUT2D eigenvalue weighted by molar-refractivity contribution is -0.129. The minimum Gasteiger partial charge on any atom is -0.375 e. The van der Waals surface area contributed by atoms with Crippen molar-refractivity contribution in [3.05, 3.63) is 35.9 Å². The van der Waals surface area contributed by atoms with Crippen LogP contribution in [-0.4, -0.2) is 37.6 Å². The topological polar surface area (TPSA) is 55.6 Å². The van der Waals surface area contributed by atoms with E-state index >= 15 is 0 Å². The number of ether oxygens (including phenoxy) is 1. The maximum absolute atomic E-state index is 11.1. The van der Waals surface area contributed by atoms with Crippen LogP contribution in [0.2, 0.25) is 0 Å². The number of hydrogen-bond acceptors (Lipinski definition) is 3. The Hall–Kier alpha value is -1.10. The summed E-state index contributed by atoms with van der Waals surface area (Å²) in [6.45, 7) is 1.72. The van der Waals surface area contributed by atoms with E-state index in [0.717, 1.165) is 5.56 Å². The monoisotopic (exact) mass is 258 g/mol. The van der Waals surface area contributed by atoms with Crippen molar-refractivity contribution < 1.29 is 9.53 Å². The molecule has 0 fully saturated rings. The van der Waals surface area contributed by atoms with E-state index < -0.39 is 0 Å². The summed E-state index contributed by atoms with van der Waals surface area (Å²) >= 11 is 0. The van der Waals surface area contributed by atoms with Crippen LogP contribution in [0.5, 0.6) is 0 Å². The zero-order chi connectivity index (χ0) is 11.8. The highest BCUT2D eigenvalue weighted by molar-refractivity contribution is 5.85. The molecule has 0 aliphatic carbocycles. The first-order valence-electron chi connectivity index (χ1n) is 5.29. The summed E-state index contributed by atoms with van der Waals surface area (Å²) in [5.74, 6) is -0.0664. The van der Waals surface area contributed by atoms with E-state index in [0.29, 0.717) is 19.8 Å². The summed E-state index contributed by atoms with van der Waals surface area (Å²) in [4.78, 5) is 12.7. The highest BCUT2D eigenvalue weighted by Crippen LogP contribution is 2.00. The fraction of sp³-hybridized carbons (Fsp3) is 0.417. The van der Waals surface area contributed by atoms with E-state index in [2.05, 4.69) is 0 Å². The lowest BCUT2D eigenvalue weighted by Gasteiger charge is -2.15. The second-order valence-corrected chi connectivity index (χ2v) is 3.56. The van der Waals surface area contributed by atoms with Crippen molar-refractivity contribution >= 4 is 18.3 Å². The third-order valence-electron chi connectivity index (χ3n) is 2.28. The molecule has 0 radical (unpaired) electrons. The number of nitrogens with zero attached hydrogens (tertiary/aromatic N) is 1. The Kier molecular flexibility index (Phi) is 8.40. The van der Waals surface area contributed by atoms with Gasteiger partial charge in [-0.3, -0.25) is 4.79 Å². The van der Waals surface area contributed by atoms with Crippen molar-refractivity contribution in [3.8, 4) is 0 Å². The Morgan fingerprint density at radius 3 is 2.59 bits per heavy atom. The number of amides is 1. The van der Waals surface area contributed by atoms with Crippen LogP contribution in [0.4, 0.5) is 0 Å². The molecule has 0 spiro atoms. The second kappa shape index (κ2) is 8.98. The van der Waals surface area contributed by atoms with Crippen LogP contribution in [0.3, 0.4) is 0 Å². The second-order valence-electron chi connectivity index (χ2n) is 3.56. The molecule has 1 aromatic rings. The molecular formula is C12H19ClN2O2. The molecule has 17 heavy (non-hydrogen) atoms. The van der Waals surface area contributed by atoms with Gasteiger partial charge in [0.2, 0.25) is 5.91 Å². The number of benzene rings is 1. The Morgan fingerprint density at radius 2 is 2.00 bits per heavy atom. The van der Waals surface area contributed by atoms with Crippen LogP contribution in [0.25, 0.3) is 0 Å². The minimum absolute atomic E-state index is 0. The molecule has 0 heterocycles. The maximum Gasteiger partial charge on any atom is 0.236 e. The lowest BCUT2D eigenvalue weighted by atomic mass is 10.2. The summed E-state index contributed by atoms with van der Waals surface area (Å²) in [6.07, 6.45) is 0. The standard InChI is InChI=1S/C12H18N2O2.ClH/c1-14(12(15)9-13)7-8-16-10-11-5-3-2-4-6-11;/h2-6H,7-10,13H2,1H3;1H. The number of likely N-dealkylation sites (N-methyl/N-ethyl adjacent to an activating group) is 1. The molecule has 0 aromatic heterocycles. The maximum atomic E-state index is 11.1. The van der Waals surface area contributed by atoms with E-state index in [1.807, 2.05) is 30.3 Å². The van der Waals surface area contributed by atoms with Crippen LogP contribution < -0.4 is 5.73 Å². The third-order valence-corrected chi connectivity index (χ3v) is 2.28. The number of halogens is 1. The summed E-state index contributed by atoms with van der Waals surface area (Å²) in [5.41, 5.74) is 6.37. The average Bonchev–Trinajstić information content (AvgIpc) is 2.34. The number of rotatable bonds is 6. The van der Waals surface area contributed by atoms with Gasteiger partial charge in [0.25, 0.3) is 0 Å². The Labute approximate surface area is 108 Å². The predicted molar refractivity (Wildman–Crippen MR) is 70.0 cm³/mol. The molecule has 96 valence electrons. The van der Waals surface area contributed by atoms with Gasteiger partial charge in [-0.25, -0.2) is 0 Å². The minimum atomic E-state index is -0.0664. The molecule has 0 saturated carbocycles. The van der Waals surface area contributed by atoms with Crippen molar-refractivity contribution in [2.24, 2.45) is 5.73 Å². The van der Waals surface area contributed by atoms with Gasteiger partial charge < -0.3 is 15.4 Å². The Bertz CT molecular complexity index is 320. The molecule has 1 aromatic carbocycles. The molecule has 1 amide bonds. The number of carbonyl (C=O) groups excluding carboxylic acids is 1. The molecule has 2 N–H and O–H groups in total. The van der Waals surface area contributed by atoms with Gasteiger partial charge in [0.05, 0.1) is 19.8 Å². The molecule has 0 bridgehead atoms. The van der Waals surface area contributed by atoms with Crippen LogP contribution in [0.1, 0.15) is 5.56 Å². The lowest BCUT2D eigenvalue weighted by Crippen LogP contribution is -2.34. The molecule has 0 unspecified atom stereocenters. The van der Waals surface area contributed by atoms with E-state index in [9.17, 15) is 4.79 Å². The fourth-order valence-electron chi connectivity index (χ4n) is 1.25. The molecule has 0 saturated heterocycles. The van der Waals surface area contributed by atoms with Crippen molar-refractivity contribution in [2.45, 2.75) is 6.61 Å². The van der Waals surface area contributed by atoms with Crippen LogP contribution in [-0.2, 0) is 16.1 Å². The Balaban J connectivity index is 0.00000256. The first-order chi connectivity index (χ1) is 7.74. The van der Waals surface area contributed by atoms with Crippen LogP contribution in [0.15, 0.2) is 30.3 Å². The Morgan fingerprint density at radius 1 is 1.35 bits per heavy atom. The van der Waals surface area contributed by atoms with Gasteiger partial charge in [-0.1, -0.05) is 30.3 Å². The summed E-state index contributed by atoms with van der Waals surface area (Å²) in [5, 5.41) is 0. The predicted octanol–water partition coefficient (Wildman–Crippen LogP) is 1.04. The van der Waals surface area contributed by atoms with Crippen LogP contribution >= 0.6 is 12.4 Å². The third kappa shape index (κ3) is 6.26. The zero-order valence-electron chi connectivity index (χ0n) is 9.96. The van der Waals surface area contributed by atoms with E-state index in [1.165, 1.54) is 0 Å². The summed E-state index contributed by atoms with van der Waals surface area (Å²) < 4.78 is 5.45. The van der Waals surface area contributed by atoms with Crippen molar-refractivity contribution in [1.29, 1.82) is 0 Å². The van der Waals surface area contributed by atoms with Crippen molar-refractivity contribution in [2.75, 3.05) is 26.7 Å². The first kappa shape index (κ1) is 15.9. The fourth-order valence-corrected chi connectivity index (χ4v) is 1.25. The van der Waals surface area contributed by atoms with Gasteiger partial charge in [0, 0.05) is 13.6 Å². The van der Waals surface area contributed by atoms with Gasteiger partial charge in [-0.15, -0.1) is 12.4 Å². The van der Waals surface area contributed by atoms with E-state index in [4.69, 9.17) is 10.5 Å². The average molecular weight is 259 g/mol. The molecule has 0 aliphatic heterocycles. The van der Waals surface area contributed by atoms with Gasteiger partial charge in [0.1, 0.15) is 0 Å². The highest BCUT2D eigenvalue weighted by Gasteiger charge is 2.04. The largest absolute Gasteiger partial charge is 0.375 e. The van der Waals surface area contributed by atoms with Crippen molar-refractivity contribution in [1.82, 2.24) is 4.90 Å². The van der Waals surface area contributed by atoms with Gasteiger partial charge >= 0.3 is 0 Å². The van der Waals surface area contributed by atoms with Gasteiger partial charge in [-0.2, -0.15) is 0 Å².